The second-order valence-electron chi connectivity index (χ2n) is 4.89. The zero-order valence-corrected chi connectivity index (χ0v) is 12.7. The molecule has 2 aromatic rings. The van der Waals surface area contributed by atoms with Crippen LogP contribution in [0.2, 0.25) is 5.02 Å². The lowest BCUT2D eigenvalue weighted by atomic mass is 10.2. The number of anilines is 1. The summed E-state index contributed by atoms with van der Waals surface area (Å²) in [5.41, 5.74) is 0.955. The number of aliphatic hydroxyl groups is 1. The predicted octanol–water partition coefficient (Wildman–Crippen LogP) is 1.77. The number of rotatable bonds is 6. The van der Waals surface area contributed by atoms with Crippen LogP contribution in [-0.4, -0.2) is 40.1 Å². The first-order chi connectivity index (χ1) is 10.8. The average molecular weight is 325 g/mol. The molecule has 1 aromatic carbocycles. The molecule has 8 heteroatoms. The van der Waals surface area contributed by atoms with Gasteiger partial charge in [0, 0.05) is 19.6 Å². The molecule has 0 spiro atoms. The number of benzene rings is 1. The minimum atomic E-state index is 0.138. The first-order valence-electron chi connectivity index (χ1n) is 7.10. The molecule has 118 valence electrons. The van der Waals surface area contributed by atoms with E-state index in [9.17, 15) is 0 Å². The summed E-state index contributed by atoms with van der Waals surface area (Å²) in [5, 5.41) is 19.4. The van der Waals surface area contributed by atoms with Crippen LogP contribution in [0.3, 0.4) is 0 Å². The van der Waals surface area contributed by atoms with Crippen LogP contribution in [0.25, 0.3) is 0 Å². The monoisotopic (exact) mass is 324 g/mol. The van der Waals surface area contributed by atoms with Crippen LogP contribution in [0, 0.1) is 0 Å². The number of halogens is 1. The molecule has 7 nitrogen and oxygen atoms in total. The van der Waals surface area contributed by atoms with Gasteiger partial charge in [0.1, 0.15) is 19.0 Å². The molecule has 0 unspecified atom stereocenters. The number of nitrogens with one attached hydrogen (secondary N) is 2. The van der Waals surface area contributed by atoms with Crippen molar-refractivity contribution in [3.8, 4) is 11.5 Å². The molecule has 3 rings (SSSR count). The molecule has 1 aromatic heterocycles. The third kappa shape index (κ3) is 3.42. The van der Waals surface area contributed by atoms with Crippen LogP contribution < -0.4 is 14.8 Å². The van der Waals surface area contributed by atoms with Gasteiger partial charge in [-0.3, -0.25) is 5.10 Å². The number of aromatic nitrogens is 3. The van der Waals surface area contributed by atoms with Crippen LogP contribution >= 0.6 is 11.6 Å². The maximum Gasteiger partial charge on any atom is 0.242 e. The summed E-state index contributed by atoms with van der Waals surface area (Å²) in [6.07, 6.45) is 1.33. The number of aryl methyl sites for hydroxylation is 1. The average Bonchev–Trinajstić information content (AvgIpc) is 2.99. The molecule has 3 N–H and O–H groups in total. The highest BCUT2D eigenvalue weighted by Crippen LogP contribution is 2.38. The van der Waals surface area contributed by atoms with Crippen molar-refractivity contribution in [2.75, 3.05) is 25.1 Å². The molecule has 0 saturated heterocycles. The molecule has 2 heterocycles. The van der Waals surface area contributed by atoms with E-state index < -0.39 is 0 Å². The highest BCUT2D eigenvalue weighted by molar-refractivity contribution is 6.32. The topological polar surface area (TPSA) is 92.3 Å². The number of hydrogen-bond donors (Lipinski definition) is 3. The van der Waals surface area contributed by atoms with Gasteiger partial charge in [-0.1, -0.05) is 11.6 Å². The third-order valence-electron chi connectivity index (χ3n) is 3.21. The predicted molar refractivity (Wildman–Crippen MR) is 81.6 cm³/mol. The Balaban J connectivity index is 1.64. The zero-order chi connectivity index (χ0) is 15.4. The van der Waals surface area contributed by atoms with Crippen molar-refractivity contribution in [1.82, 2.24) is 15.2 Å². The van der Waals surface area contributed by atoms with Gasteiger partial charge >= 0.3 is 0 Å². The molecule has 0 saturated carbocycles. The van der Waals surface area contributed by atoms with Gasteiger partial charge in [-0.15, -0.1) is 5.10 Å². The number of aliphatic hydroxyl groups excluding tert-OH is 1. The van der Waals surface area contributed by atoms with Gasteiger partial charge in [0.15, 0.2) is 11.5 Å². The fourth-order valence-corrected chi connectivity index (χ4v) is 2.47. The summed E-state index contributed by atoms with van der Waals surface area (Å²) in [4.78, 5) is 4.29. The minimum Gasteiger partial charge on any atom is -0.486 e. The number of ether oxygens (including phenoxy) is 2. The molecule has 1 aliphatic heterocycles. The van der Waals surface area contributed by atoms with Crippen LogP contribution in [0.4, 0.5) is 5.95 Å². The summed E-state index contributed by atoms with van der Waals surface area (Å²) in [6, 6.07) is 3.73. The van der Waals surface area contributed by atoms with E-state index in [4.69, 9.17) is 26.2 Å². The molecule has 0 amide bonds. The number of fused-ring (bicyclic) bond motifs is 1. The Bertz CT molecular complexity index is 647. The normalized spacial score (nSPS) is 13.2. The first-order valence-corrected chi connectivity index (χ1v) is 7.48. The van der Waals surface area contributed by atoms with Crippen molar-refractivity contribution in [3.05, 3.63) is 28.5 Å². The Morgan fingerprint density at radius 2 is 2.18 bits per heavy atom. The van der Waals surface area contributed by atoms with Gasteiger partial charge in [0.2, 0.25) is 5.95 Å². The second kappa shape index (κ2) is 6.85. The van der Waals surface area contributed by atoms with Crippen LogP contribution in [0.1, 0.15) is 17.8 Å². The van der Waals surface area contributed by atoms with E-state index >= 15 is 0 Å². The third-order valence-corrected chi connectivity index (χ3v) is 3.49. The maximum absolute atomic E-state index is 8.80. The fraction of sp³-hybridized carbons (Fsp3) is 0.429. The Morgan fingerprint density at radius 3 is 3.05 bits per heavy atom. The van der Waals surface area contributed by atoms with E-state index in [2.05, 4.69) is 20.5 Å². The lowest BCUT2D eigenvalue weighted by Gasteiger charge is -2.20. The Morgan fingerprint density at radius 1 is 1.32 bits per heavy atom. The summed E-state index contributed by atoms with van der Waals surface area (Å²) in [7, 11) is 0. The van der Waals surface area contributed by atoms with E-state index in [0.29, 0.717) is 55.1 Å². The number of H-pyrrole nitrogens is 1. The second-order valence-corrected chi connectivity index (χ2v) is 5.30. The summed E-state index contributed by atoms with van der Waals surface area (Å²) in [6.45, 7) is 1.69. The zero-order valence-electron chi connectivity index (χ0n) is 11.9. The summed E-state index contributed by atoms with van der Waals surface area (Å²) < 4.78 is 11.0. The molecule has 0 atom stereocenters. The lowest BCUT2D eigenvalue weighted by molar-refractivity contribution is 0.171. The van der Waals surface area contributed by atoms with Crippen molar-refractivity contribution >= 4 is 17.5 Å². The molecule has 0 radical (unpaired) electrons. The van der Waals surface area contributed by atoms with Crippen molar-refractivity contribution in [2.45, 2.75) is 19.4 Å². The van der Waals surface area contributed by atoms with E-state index in [1.54, 1.807) is 0 Å². The molecule has 0 fully saturated rings. The Hall–Kier alpha value is -1.99. The van der Waals surface area contributed by atoms with Crippen LogP contribution in [-0.2, 0) is 13.0 Å². The quantitative estimate of drug-likeness (QED) is 0.750. The fourth-order valence-electron chi connectivity index (χ4n) is 2.18. The summed E-state index contributed by atoms with van der Waals surface area (Å²) >= 11 is 6.20. The van der Waals surface area contributed by atoms with Gasteiger partial charge < -0.3 is 19.9 Å². The molecule has 22 heavy (non-hydrogen) atoms. The van der Waals surface area contributed by atoms with E-state index in [-0.39, 0.29) is 6.61 Å². The molecular formula is C14H17ClN4O3. The number of nitrogens with zero attached hydrogens (tertiary/aromatic N) is 2. The first kappa shape index (κ1) is 14.9. The number of aromatic amines is 1. The highest BCUT2D eigenvalue weighted by Gasteiger charge is 2.16. The SMILES string of the molecule is OCCCc1nc(NCc2cc(Cl)c3c(c2)OCCO3)n[nH]1. The van der Waals surface area contributed by atoms with Crippen molar-refractivity contribution in [3.63, 3.8) is 0 Å². The molecule has 0 aliphatic carbocycles. The smallest absolute Gasteiger partial charge is 0.242 e. The lowest BCUT2D eigenvalue weighted by Crippen LogP contribution is -2.16. The Kier molecular flexibility index (Phi) is 4.65. The van der Waals surface area contributed by atoms with Crippen molar-refractivity contribution in [2.24, 2.45) is 0 Å². The van der Waals surface area contributed by atoms with E-state index in [0.717, 1.165) is 11.4 Å². The minimum absolute atomic E-state index is 0.138. The van der Waals surface area contributed by atoms with Gasteiger partial charge in [0.05, 0.1) is 5.02 Å². The van der Waals surface area contributed by atoms with Gasteiger partial charge in [-0.2, -0.15) is 4.98 Å². The number of hydrogen-bond acceptors (Lipinski definition) is 6. The maximum atomic E-state index is 8.80. The molecular weight excluding hydrogens is 308 g/mol. The molecule has 1 aliphatic rings. The van der Waals surface area contributed by atoms with Crippen molar-refractivity contribution < 1.29 is 14.6 Å². The standard InChI is InChI=1S/C14H17ClN4O3/c15-10-6-9(7-11-13(10)22-5-4-21-11)8-16-14-17-12(18-19-14)2-1-3-20/h6-7,20H,1-5,8H2,(H2,16,17,18,19). The van der Waals surface area contributed by atoms with E-state index in [1.165, 1.54) is 0 Å². The van der Waals surface area contributed by atoms with Crippen LogP contribution in [0.5, 0.6) is 11.5 Å². The van der Waals surface area contributed by atoms with Crippen LogP contribution in [0.15, 0.2) is 12.1 Å². The van der Waals surface area contributed by atoms with Gasteiger partial charge in [-0.25, -0.2) is 0 Å². The van der Waals surface area contributed by atoms with E-state index in [1.807, 2.05) is 12.1 Å². The highest BCUT2D eigenvalue weighted by atomic mass is 35.5. The molecule has 0 bridgehead atoms. The van der Waals surface area contributed by atoms with Crippen molar-refractivity contribution in [1.29, 1.82) is 0 Å². The largest absolute Gasteiger partial charge is 0.486 e. The van der Waals surface area contributed by atoms with Gasteiger partial charge in [-0.05, 0) is 24.1 Å². The summed E-state index contributed by atoms with van der Waals surface area (Å²) in [5.74, 6) is 2.52. The van der Waals surface area contributed by atoms with Gasteiger partial charge in [0.25, 0.3) is 0 Å². The Labute approximate surface area is 132 Å².